The number of morpholine rings is 1. The number of carbonyl (C=O) groups is 1. The molecule has 0 aliphatic carbocycles. The number of hydrogen-bond acceptors (Lipinski definition) is 4. The van der Waals surface area contributed by atoms with Gasteiger partial charge < -0.3 is 24.3 Å². The Bertz CT molecular complexity index is 595. The number of ether oxygens (including phenoxy) is 1. The van der Waals surface area contributed by atoms with Crippen molar-refractivity contribution in [2.24, 2.45) is 10.9 Å². The summed E-state index contributed by atoms with van der Waals surface area (Å²) in [5.74, 6) is 2.37. The van der Waals surface area contributed by atoms with Crippen LogP contribution in [0.5, 0.6) is 0 Å². The normalized spacial score (nSPS) is 18.7. The second-order valence-corrected chi connectivity index (χ2v) is 7.16. The molecule has 1 N–H and O–H groups in total. The minimum Gasteiger partial charge on any atom is -0.469 e. The zero-order chi connectivity index (χ0) is 18.9. The van der Waals surface area contributed by atoms with Crippen LogP contribution in [0.15, 0.2) is 27.8 Å². The topological polar surface area (TPSA) is 70.3 Å². The summed E-state index contributed by atoms with van der Waals surface area (Å²) in [5.41, 5.74) is 0. The summed E-state index contributed by atoms with van der Waals surface area (Å²) < 4.78 is 10.8. The summed E-state index contributed by atoms with van der Waals surface area (Å²) in [6.07, 6.45) is 5.35. The third-order valence-corrected chi connectivity index (χ3v) is 5.19. The summed E-state index contributed by atoms with van der Waals surface area (Å²) in [4.78, 5) is 21.7. The van der Waals surface area contributed by atoms with E-state index in [1.54, 1.807) is 6.26 Å². The van der Waals surface area contributed by atoms with Crippen LogP contribution in [0.25, 0.3) is 0 Å². The van der Waals surface area contributed by atoms with E-state index < -0.39 is 0 Å². The quantitative estimate of drug-likeness (QED) is 0.366. The van der Waals surface area contributed by atoms with Crippen LogP contribution in [0.3, 0.4) is 0 Å². The van der Waals surface area contributed by atoms with Gasteiger partial charge in [0.25, 0.3) is 0 Å². The molecule has 7 nitrogen and oxygen atoms in total. The van der Waals surface area contributed by atoms with E-state index in [1.807, 2.05) is 17.0 Å². The average Bonchev–Trinajstić information content (AvgIpc) is 3.24. The van der Waals surface area contributed by atoms with Gasteiger partial charge in [-0.3, -0.25) is 9.79 Å². The molecule has 0 aromatic carbocycles. The fourth-order valence-electron chi connectivity index (χ4n) is 3.62. The Kier molecular flexibility index (Phi) is 10.1. The second-order valence-electron chi connectivity index (χ2n) is 7.16. The van der Waals surface area contributed by atoms with Crippen LogP contribution in [0.1, 0.15) is 31.9 Å². The number of nitrogens with one attached hydrogen (secondary N) is 1. The van der Waals surface area contributed by atoms with E-state index in [0.717, 1.165) is 76.7 Å². The number of carbonyl (C=O) groups excluding carboxylic acids is 1. The molecular formula is C20H33IN4O3. The van der Waals surface area contributed by atoms with E-state index in [0.29, 0.717) is 19.1 Å². The Labute approximate surface area is 184 Å². The molecule has 0 bridgehead atoms. The summed E-state index contributed by atoms with van der Waals surface area (Å²) in [7, 11) is 0. The van der Waals surface area contributed by atoms with Crippen LogP contribution in [-0.2, 0) is 16.0 Å². The fourth-order valence-corrected chi connectivity index (χ4v) is 3.62. The molecule has 1 aromatic rings. The lowest BCUT2D eigenvalue weighted by Crippen LogP contribution is -2.50. The van der Waals surface area contributed by atoms with Crippen molar-refractivity contribution < 1.29 is 13.9 Å². The van der Waals surface area contributed by atoms with Gasteiger partial charge in [-0.15, -0.1) is 24.0 Å². The van der Waals surface area contributed by atoms with Gasteiger partial charge >= 0.3 is 0 Å². The monoisotopic (exact) mass is 504 g/mol. The molecule has 0 radical (unpaired) electrons. The maximum Gasteiger partial charge on any atom is 0.225 e. The number of rotatable bonds is 6. The standard InChI is InChI=1S/C20H32N4O3.HI/c1-2-8-21-20(22-9-5-18-4-3-14-27-18)24-10-6-17(7-11-24)19(25)23-12-15-26-16-13-23;/h3-4,14,17H,2,5-13,15-16H2,1H3,(H,21,22);1H. The van der Waals surface area contributed by atoms with E-state index in [-0.39, 0.29) is 29.9 Å². The van der Waals surface area contributed by atoms with Crippen molar-refractivity contribution in [3.05, 3.63) is 24.2 Å². The molecule has 0 unspecified atom stereocenters. The molecule has 158 valence electrons. The second kappa shape index (κ2) is 12.3. The Morgan fingerprint density at radius 3 is 2.61 bits per heavy atom. The third kappa shape index (κ3) is 6.65. The van der Waals surface area contributed by atoms with Gasteiger partial charge in [-0.1, -0.05) is 6.92 Å². The number of likely N-dealkylation sites (tertiary alicyclic amines) is 1. The van der Waals surface area contributed by atoms with Crippen molar-refractivity contribution in [2.45, 2.75) is 32.6 Å². The van der Waals surface area contributed by atoms with Crippen LogP contribution in [0.4, 0.5) is 0 Å². The lowest BCUT2D eigenvalue weighted by Gasteiger charge is -2.36. The Morgan fingerprint density at radius 2 is 1.96 bits per heavy atom. The first-order chi connectivity index (χ1) is 13.3. The zero-order valence-electron chi connectivity index (χ0n) is 16.8. The van der Waals surface area contributed by atoms with Gasteiger partial charge in [0, 0.05) is 51.6 Å². The molecule has 2 fully saturated rings. The van der Waals surface area contributed by atoms with E-state index >= 15 is 0 Å². The first kappa shape index (κ1) is 23.0. The van der Waals surface area contributed by atoms with Gasteiger partial charge in [0.15, 0.2) is 5.96 Å². The lowest BCUT2D eigenvalue weighted by atomic mass is 9.95. The van der Waals surface area contributed by atoms with Gasteiger partial charge in [-0.2, -0.15) is 0 Å². The highest BCUT2D eigenvalue weighted by Gasteiger charge is 2.30. The molecule has 2 aliphatic rings. The van der Waals surface area contributed by atoms with Crippen molar-refractivity contribution in [1.29, 1.82) is 0 Å². The Balaban J connectivity index is 0.00000280. The summed E-state index contributed by atoms with van der Waals surface area (Å²) >= 11 is 0. The molecule has 0 saturated carbocycles. The number of guanidine groups is 1. The van der Waals surface area contributed by atoms with Crippen LogP contribution in [0.2, 0.25) is 0 Å². The van der Waals surface area contributed by atoms with E-state index in [2.05, 4.69) is 17.1 Å². The highest BCUT2D eigenvalue weighted by atomic mass is 127. The number of piperidine rings is 1. The van der Waals surface area contributed by atoms with Gasteiger partial charge in [-0.25, -0.2) is 0 Å². The lowest BCUT2D eigenvalue weighted by molar-refractivity contribution is -0.140. The predicted octanol–water partition coefficient (Wildman–Crippen LogP) is 2.37. The third-order valence-electron chi connectivity index (χ3n) is 5.19. The minimum atomic E-state index is 0. The largest absolute Gasteiger partial charge is 0.469 e. The number of halogens is 1. The first-order valence-electron chi connectivity index (χ1n) is 10.2. The van der Waals surface area contributed by atoms with Gasteiger partial charge in [0.05, 0.1) is 19.5 Å². The van der Waals surface area contributed by atoms with Crippen molar-refractivity contribution >= 4 is 35.8 Å². The number of furan rings is 1. The number of aliphatic imine (C=N–C) groups is 1. The minimum absolute atomic E-state index is 0. The number of amides is 1. The van der Waals surface area contributed by atoms with Crippen LogP contribution >= 0.6 is 24.0 Å². The highest BCUT2D eigenvalue weighted by molar-refractivity contribution is 14.0. The molecule has 3 rings (SSSR count). The van der Waals surface area contributed by atoms with E-state index in [1.165, 1.54) is 0 Å². The zero-order valence-corrected chi connectivity index (χ0v) is 19.1. The Morgan fingerprint density at radius 1 is 1.21 bits per heavy atom. The van der Waals surface area contributed by atoms with Crippen molar-refractivity contribution in [1.82, 2.24) is 15.1 Å². The van der Waals surface area contributed by atoms with E-state index in [9.17, 15) is 4.79 Å². The SMILES string of the molecule is CCCN=C(NCCc1ccco1)N1CCC(C(=O)N2CCOCC2)CC1.I. The van der Waals surface area contributed by atoms with Crippen molar-refractivity contribution in [3.8, 4) is 0 Å². The smallest absolute Gasteiger partial charge is 0.225 e. The molecule has 1 amide bonds. The maximum absolute atomic E-state index is 12.7. The molecule has 0 atom stereocenters. The molecule has 28 heavy (non-hydrogen) atoms. The molecule has 2 saturated heterocycles. The summed E-state index contributed by atoms with van der Waals surface area (Å²) in [5, 5.41) is 3.47. The van der Waals surface area contributed by atoms with Gasteiger partial charge in [0.2, 0.25) is 5.91 Å². The van der Waals surface area contributed by atoms with Crippen LogP contribution < -0.4 is 5.32 Å². The van der Waals surface area contributed by atoms with Crippen LogP contribution in [-0.4, -0.2) is 74.1 Å². The molecule has 2 aliphatic heterocycles. The van der Waals surface area contributed by atoms with Gasteiger partial charge in [-0.05, 0) is 31.4 Å². The highest BCUT2D eigenvalue weighted by Crippen LogP contribution is 2.20. The maximum atomic E-state index is 12.7. The van der Waals surface area contributed by atoms with Gasteiger partial charge in [0.1, 0.15) is 5.76 Å². The van der Waals surface area contributed by atoms with Crippen molar-refractivity contribution in [3.63, 3.8) is 0 Å². The predicted molar refractivity (Wildman–Crippen MR) is 120 cm³/mol. The first-order valence-corrected chi connectivity index (χ1v) is 10.2. The molecule has 0 spiro atoms. The number of hydrogen-bond donors (Lipinski definition) is 1. The number of nitrogens with zero attached hydrogens (tertiary/aromatic N) is 3. The fraction of sp³-hybridized carbons (Fsp3) is 0.700. The molecule has 1 aromatic heterocycles. The molecule has 8 heteroatoms. The average molecular weight is 504 g/mol. The molecule has 3 heterocycles. The summed E-state index contributed by atoms with van der Waals surface area (Å²) in [6, 6.07) is 3.91. The van der Waals surface area contributed by atoms with Crippen molar-refractivity contribution in [2.75, 3.05) is 52.5 Å². The summed E-state index contributed by atoms with van der Waals surface area (Å²) in [6.45, 7) is 8.28. The van der Waals surface area contributed by atoms with Crippen LogP contribution in [0, 0.1) is 5.92 Å². The molecular weight excluding hydrogens is 471 g/mol. The van der Waals surface area contributed by atoms with E-state index in [4.69, 9.17) is 14.1 Å². The Hall–Kier alpha value is -1.29.